The van der Waals surface area contributed by atoms with Gasteiger partial charge in [0.1, 0.15) is 11.5 Å². The molecule has 8 aromatic rings. The van der Waals surface area contributed by atoms with Crippen LogP contribution in [0, 0.1) is 0 Å². The van der Waals surface area contributed by atoms with Crippen molar-refractivity contribution in [2.24, 2.45) is 0 Å². The molecule has 0 saturated carbocycles. The van der Waals surface area contributed by atoms with E-state index in [1.54, 1.807) is 0 Å². The number of nitrogens with zero attached hydrogens (tertiary/aromatic N) is 1. The van der Waals surface area contributed by atoms with Gasteiger partial charge in [0.15, 0.2) is 0 Å². The van der Waals surface area contributed by atoms with Crippen LogP contribution in [0.2, 0.25) is 0 Å². The summed E-state index contributed by atoms with van der Waals surface area (Å²) in [6.45, 7) is 0. The Bertz CT molecular complexity index is 2330. The van der Waals surface area contributed by atoms with Crippen molar-refractivity contribution in [1.29, 1.82) is 0 Å². The molecule has 0 bridgehead atoms. The summed E-state index contributed by atoms with van der Waals surface area (Å²) in [5.74, 6) is 1.83. The fraction of sp³-hybridized carbons (Fsp3) is 0. The summed E-state index contributed by atoms with van der Waals surface area (Å²) in [6.07, 6.45) is 0. The van der Waals surface area contributed by atoms with Crippen LogP contribution in [0.3, 0.4) is 0 Å². The van der Waals surface area contributed by atoms with E-state index in [0.717, 1.165) is 17.1 Å². The highest BCUT2D eigenvalue weighted by Crippen LogP contribution is 2.48. The van der Waals surface area contributed by atoms with Gasteiger partial charge < -0.3 is 9.30 Å². The first-order valence-corrected chi connectivity index (χ1v) is 14.4. The maximum atomic E-state index is 6.34. The summed E-state index contributed by atoms with van der Waals surface area (Å²) in [6, 6.07) is 54.3. The Hall–Kier alpha value is -5.60. The molecule has 0 radical (unpaired) electrons. The molecule has 0 fully saturated rings. The number of hydrogen-bond acceptors (Lipinski definition) is 1. The molecular weight excluding hydrogens is 510 g/mol. The highest BCUT2D eigenvalue weighted by Gasteiger charge is 2.21. The number of rotatable bonds is 3. The highest BCUT2D eigenvalue weighted by atomic mass is 16.5. The zero-order chi connectivity index (χ0) is 27.6. The maximum Gasteiger partial charge on any atom is 0.135 e. The standard InChI is InChI=1S/C40H25NO/c1-2-12-29(13-3-1)41-36-18-6-4-14-31(36)32-21-20-27(25-37(32)41)26-10-8-11-28(24-26)30-22-23-39-40-34(30)16-9-17-35(40)33-15-5-7-19-38(33)42-39/h1-25H. The van der Waals surface area contributed by atoms with Gasteiger partial charge in [-0.05, 0) is 75.7 Å². The topological polar surface area (TPSA) is 14.2 Å². The zero-order valence-corrected chi connectivity index (χ0v) is 22.8. The van der Waals surface area contributed by atoms with Gasteiger partial charge in [0.25, 0.3) is 0 Å². The molecule has 0 atom stereocenters. The molecule has 9 rings (SSSR count). The Morgan fingerprint density at radius 3 is 2.05 bits per heavy atom. The quantitative estimate of drug-likeness (QED) is 0.219. The number of fused-ring (bicyclic) bond motifs is 5. The van der Waals surface area contributed by atoms with Crippen molar-refractivity contribution in [3.8, 4) is 50.6 Å². The molecule has 0 N–H and O–H groups in total. The normalized spacial score (nSPS) is 12.0. The SMILES string of the molecule is c1ccc(-n2c3ccccc3c3ccc(-c4cccc(-c5ccc6c7c(cccc57)-c5ccccc5O6)c4)cc32)cc1. The van der Waals surface area contributed by atoms with Gasteiger partial charge in [-0.2, -0.15) is 0 Å². The van der Waals surface area contributed by atoms with Crippen molar-refractivity contribution < 1.29 is 4.74 Å². The van der Waals surface area contributed by atoms with Crippen molar-refractivity contribution in [3.63, 3.8) is 0 Å². The lowest BCUT2D eigenvalue weighted by Crippen LogP contribution is -1.97. The molecule has 0 saturated heterocycles. The number of benzene rings is 7. The van der Waals surface area contributed by atoms with Crippen LogP contribution in [-0.2, 0) is 0 Å². The Balaban J connectivity index is 1.22. The average Bonchev–Trinajstić information content (AvgIpc) is 3.39. The fourth-order valence-electron chi connectivity index (χ4n) is 6.70. The summed E-state index contributed by atoms with van der Waals surface area (Å²) in [4.78, 5) is 0. The van der Waals surface area contributed by atoms with Gasteiger partial charge in [0.2, 0.25) is 0 Å². The lowest BCUT2D eigenvalue weighted by molar-refractivity contribution is 0.487. The Labute approximate surface area is 243 Å². The molecule has 42 heavy (non-hydrogen) atoms. The van der Waals surface area contributed by atoms with Crippen molar-refractivity contribution in [3.05, 3.63) is 152 Å². The third-order valence-electron chi connectivity index (χ3n) is 8.59. The predicted molar refractivity (Wildman–Crippen MR) is 175 cm³/mol. The van der Waals surface area contributed by atoms with E-state index < -0.39 is 0 Å². The van der Waals surface area contributed by atoms with E-state index in [9.17, 15) is 0 Å². The van der Waals surface area contributed by atoms with Gasteiger partial charge in [-0.25, -0.2) is 0 Å². The van der Waals surface area contributed by atoms with Crippen LogP contribution in [0.25, 0.3) is 71.6 Å². The maximum absolute atomic E-state index is 6.34. The minimum atomic E-state index is 0.913. The minimum Gasteiger partial charge on any atom is -0.456 e. The van der Waals surface area contributed by atoms with Gasteiger partial charge in [-0.3, -0.25) is 0 Å². The van der Waals surface area contributed by atoms with Crippen molar-refractivity contribution in [1.82, 2.24) is 4.57 Å². The number of para-hydroxylation sites is 3. The fourth-order valence-corrected chi connectivity index (χ4v) is 6.70. The molecular formula is C40H25NO. The molecule has 7 aromatic carbocycles. The van der Waals surface area contributed by atoms with E-state index in [2.05, 4.69) is 144 Å². The molecule has 0 amide bonds. The third kappa shape index (κ3) is 3.39. The van der Waals surface area contributed by atoms with Gasteiger partial charge >= 0.3 is 0 Å². The first-order valence-electron chi connectivity index (χ1n) is 14.4. The van der Waals surface area contributed by atoms with Crippen LogP contribution in [0.15, 0.2) is 152 Å². The monoisotopic (exact) mass is 535 g/mol. The van der Waals surface area contributed by atoms with Gasteiger partial charge in [0.05, 0.1) is 11.0 Å². The summed E-state index contributed by atoms with van der Waals surface area (Å²) in [5.41, 5.74) is 10.8. The van der Waals surface area contributed by atoms with Crippen LogP contribution in [0.5, 0.6) is 11.5 Å². The first kappa shape index (κ1) is 23.1. The van der Waals surface area contributed by atoms with Crippen molar-refractivity contribution in [2.45, 2.75) is 0 Å². The van der Waals surface area contributed by atoms with Gasteiger partial charge in [-0.1, -0.05) is 109 Å². The van der Waals surface area contributed by atoms with E-state index in [0.29, 0.717) is 0 Å². The largest absolute Gasteiger partial charge is 0.456 e. The smallest absolute Gasteiger partial charge is 0.135 e. The van der Waals surface area contributed by atoms with E-state index in [4.69, 9.17) is 4.74 Å². The molecule has 2 heterocycles. The van der Waals surface area contributed by atoms with E-state index in [-0.39, 0.29) is 0 Å². The Kier molecular flexibility index (Phi) is 4.93. The van der Waals surface area contributed by atoms with E-state index >= 15 is 0 Å². The second kappa shape index (κ2) is 8.95. The zero-order valence-electron chi connectivity index (χ0n) is 22.8. The highest BCUT2D eigenvalue weighted by molar-refractivity contribution is 6.11. The Morgan fingerprint density at radius 1 is 0.381 bits per heavy atom. The molecule has 1 aromatic heterocycles. The molecule has 2 heteroatoms. The van der Waals surface area contributed by atoms with E-state index in [1.165, 1.54) is 66.1 Å². The molecule has 0 spiro atoms. The number of ether oxygens (including phenoxy) is 1. The second-order valence-electron chi connectivity index (χ2n) is 10.9. The van der Waals surface area contributed by atoms with Crippen LogP contribution < -0.4 is 4.74 Å². The summed E-state index contributed by atoms with van der Waals surface area (Å²) < 4.78 is 8.72. The molecule has 1 aliphatic heterocycles. The van der Waals surface area contributed by atoms with Crippen LogP contribution in [-0.4, -0.2) is 4.57 Å². The first-order chi connectivity index (χ1) is 20.8. The summed E-state index contributed by atoms with van der Waals surface area (Å²) in [7, 11) is 0. The summed E-state index contributed by atoms with van der Waals surface area (Å²) >= 11 is 0. The van der Waals surface area contributed by atoms with E-state index in [1.807, 2.05) is 12.1 Å². The lowest BCUT2D eigenvalue weighted by atomic mass is 9.90. The third-order valence-corrected chi connectivity index (χ3v) is 8.59. The molecule has 0 aliphatic carbocycles. The molecule has 0 unspecified atom stereocenters. The second-order valence-corrected chi connectivity index (χ2v) is 10.9. The molecule has 1 aliphatic rings. The summed E-state index contributed by atoms with van der Waals surface area (Å²) in [5, 5.41) is 4.91. The van der Waals surface area contributed by atoms with Gasteiger partial charge in [-0.15, -0.1) is 0 Å². The van der Waals surface area contributed by atoms with Crippen LogP contribution in [0.1, 0.15) is 0 Å². The van der Waals surface area contributed by atoms with Crippen molar-refractivity contribution in [2.75, 3.05) is 0 Å². The van der Waals surface area contributed by atoms with Crippen LogP contribution in [0.4, 0.5) is 0 Å². The lowest BCUT2D eigenvalue weighted by Gasteiger charge is -2.22. The number of aromatic nitrogens is 1. The van der Waals surface area contributed by atoms with Gasteiger partial charge in [0, 0.05) is 27.4 Å². The number of hydrogen-bond donors (Lipinski definition) is 0. The average molecular weight is 536 g/mol. The molecule has 2 nitrogen and oxygen atoms in total. The minimum absolute atomic E-state index is 0.913. The van der Waals surface area contributed by atoms with Crippen molar-refractivity contribution >= 4 is 32.6 Å². The Morgan fingerprint density at radius 2 is 1.10 bits per heavy atom. The van der Waals surface area contributed by atoms with Crippen LogP contribution >= 0.6 is 0 Å². The molecule has 196 valence electrons. The predicted octanol–water partition coefficient (Wildman–Crippen LogP) is 11.0.